The number of aromatic nitrogens is 2. The molecular weight excluding hydrogens is 320 g/mol. The van der Waals surface area contributed by atoms with Gasteiger partial charge >= 0.3 is 6.16 Å². The van der Waals surface area contributed by atoms with Gasteiger partial charge in [-0.15, -0.1) is 0 Å². The summed E-state index contributed by atoms with van der Waals surface area (Å²) in [4.78, 5) is 12.9. The van der Waals surface area contributed by atoms with Gasteiger partial charge in [0, 0.05) is 23.9 Å². The first kappa shape index (κ1) is 17.9. The molecule has 1 heterocycles. The summed E-state index contributed by atoms with van der Waals surface area (Å²) in [7, 11) is 0. The van der Waals surface area contributed by atoms with Crippen molar-refractivity contribution < 1.29 is 23.8 Å². The van der Waals surface area contributed by atoms with Crippen LogP contribution in [0.25, 0.3) is 5.69 Å². The van der Waals surface area contributed by atoms with Crippen molar-refractivity contribution in [1.82, 2.24) is 9.55 Å². The topological polar surface area (TPSA) is 101 Å². The van der Waals surface area contributed by atoms with E-state index in [4.69, 9.17) is 20.7 Å². The molecule has 8 heteroatoms. The number of benzene rings is 1. The van der Waals surface area contributed by atoms with Gasteiger partial charge < -0.3 is 20.5 Å². The number of carbonyl (C=O) groups is 1. The van der Waals surface area contributed by atoms with Crippen LogP contribution in [-0.2, 0) is 0 Å². The number of nitrogens with two attached hydrogens (primary N) is 1. The molecule has 0 aliphatic heterocycles. The molecule has 6 nitrogen and oxygen atoms in total. The fraction of sp³-hybridized carbons (Fsp3) is 0.375. The molecule has 1 saturated carbocycles. The standard InChI is InChI=1S/C15H17F2N3.CH2O3/c16-13-4-3-11(7-14(13)17)20-8-15(19-9-20)12-6-10(12)2-1-5-18;2-1(3)4/h3-4,7-10,12H,1-2,5-6,18H2;(H2,2,3,4). The molecule has 1 aliphatic rings. The molecule has 0 saturated heterocycles. The lowest BCUT2D eigenvalue weighted by Gasteiger charge is -2.02. The molecule has 2 atom stereocenters. The van der Waals surface area contributed by atoms with Crippen LogP contribution in [0.2, 0.25) is 0 Å². The van der Waals surface area contributed by atoms with Crippen LogP contribution in [-0.4, -0.2) is 32.5 Å². The van der Waals surface area contributed by atoms with E-state index in [0.717, 1.165) is 37.6 Å². The van der Waals surface area contributed by atoms with Crippen LogP contribution >= 0.6 is 0 Å². The Morgan fingerprint density at radius 3 is 2.67 bits per heavy atom. The number of imidazole rings is 1. The smallest absolute Gasteiger partial charge is 0.450 e. The zero-order valence-electron chi connectivity index (χ0n) is 12.9. The second-order valence-corrected chi connectivity index (χ2v) is 5.62. The first-order valence-electron chi connectivity index (χ1n) is 7.53. The van der Waals surface area contributed by atoms with Crippen molar-refractivity contribution in [1.29, 1.82) is 0 Å². The Bertz CT molecular complexity index is 702. The zero-order chi connectivity index (χ0) is 17.7. The maximum Gasteiger partial charge on any atom is 0.503 e. The SMILES string of the molecule is NCCCC1CC1c1cn(-c2ccc(F)c(F)c2)cn1.O=C(O)O. The summed E-state index contributed by atoms with van der Waals surface area (Å²) in [6.07, 6.45) is 5.05. The molecule has 1 fully saturated rings. The molecule has 1 aromatic heterocycles. The highest BCUT2D eigenvalue weighted by atomic mass is 19.2. The number of carboxylic acid groups (broad SMARTS) is 2. The van der Waals surface area contributed by atoms with Crippen LogP contribution in [0.5, 0.6) is 0 Å². The lowest BCUT2D eigenvalue weighted by atomic mass is 10.1. The summed E-state index contributed by atoms with van der Waals surface area (Å²) in [5.41, 5.74) is 7.12. The van der Waals surface area contributed by atoms with E-state index < -0.39 is 17.8 Å². The van der Waals surface area contributed by atoms with E-state index in [0.29, 0.717) is 17.5 Å². The van der Waals surface area contributed by atoms with Gasteiger partial charge in [0.25, 0.3) is 0 Å². The molecule has 1 aliphatic carbocycles. The lowest BCUT2D eigenvalue weighted by Crippen LogP contribution is -1.98. The van der Waals surface area contributed by atoms with Crippen LogP contribution in [0.1, 0.15) is 30.9 Å². The highest BCUT2D eigenvalue weighted by molar-refractivity contribution is 5.53. The molecule has 3 rings (SSSR count). The number of halogens is 2. The summed E-state index contributed by atoms with van der Waals surface area (Å²) in [5.74, 6) is -0.511. The molecule has 4 N–H and O–H groups in total. The van der Waals surface area contributed by atoms with E-state index in [1.54, 1.807) is 17.0 Å². The molecule has 2 aromatic rings. The molecule has 130 valence electrons. The number of nitrogens with zero attached hydrogens (tertiary/aromatic N) is 2. The van der Waals surface area contributed by atoms with Gasteiger partial charge in [0.1, 0.15) is 0 Å². The van der Waals surface area contributed by atoms with Crippen molar-refractivity contribution in [3.63, 3.8) is 0 Å². The monoisotopic (exact) mass is 339 g/mol. The van der Waals surface area contributed by atoms with Crippen molar-refractivity contribution >= 4 is 6.16 Å². The van der Waals surface area contributed by atoms with Crippen molar-refractivity contribution in [2.24, 2.45) is 11.7 Å². The van der Waals surface area contributed by atoms with Crippen molar-refractivity contribution in [3.05, 3.63) is 48.1 Å². The van der Waals surface area contributed by atoms with Gasteiger partial charge in [0.15, 0.2) is 11.6 Å². The average molecular weight is 339 g/mol. The Kier molecular flexibility index (Phi) is 5.86. The number of hydrogen-bond donors (Lipinski definition) is 3. The Labute approximate surface area is 137 Å². The largest absolute Gasteiger partial charge is 0.503 e. The van der Waals surface area contributed by atoms with Gasteiger partial charge in [-0.1, -0.05) is 0 Å². The van der Waals surface area contributed by atoms with Crippen LogP contribution in [0.4, 0.5) is 13.6 Å². The number of hydrogen-bond acceptors (Lipinski definition) is 3. The molecule has 1 aromatic carbocycles. The van der Waals surface area contributed by atoms with E-state index in [1.165, 1.54) is 6.07 Å². The Hall–Kier alpha value is -2.48. The third kappa shape index (κ3) is 4.76. The molecule has 0 spiro atoms. The normalized spacial score (nSPS) is 18.6. The minimum atomic E-state index is -1.83. The fourth-order valence-electron chi connectivity index (χ4n) is 2.63. The quantitative estimate of drug-likeness (QED) is 0.776. The highest BCUT2D eigenvalue weighted by Gasteiger charge is 2.39. The molecule has 24 heavy (non-hydrogen) atoms. The first-order valence-corrected chi connectivity index (χ1v) is 7.53. The van der Waals surface area contributed by atoms with Crippen molar-refractivity contribution in [3.8, 4) is 5.69 Å². The second kappa shape index (κ2) is 7.87. The molecule has 0 bridgehead atoms. The maximum absolute atomic E-state index is 13.2. The van der Waals surface area contributed by atoms with E-state index in [-0.39, 0.29) is 0 Å². The van der Waals surface area contributed by atoms with Crippen LogP contribution < -0.4 is 5.73 Å². The predicted molar refractivity (Wildman–Crippen MR) is 83.3 cm³/mol. The van der Waals surface area contributed by atoms with Crippen LogP contribution in [0.15, 0.2) is 30.7 Å². The highest BCUT2D eigenvalue weighted by Crippen LogP contribution is 2.49. The molecule has 0 radical (unpaired) electrons. The van der Waals surface area contributed by atoms with Crippen LogP contribution in [0, 0.1) is 17.6 Å². The minimum Gasteiger partial charge on any atom is -0.450 e. The van der Waals surface area contributed by atoms with Crippen molar-refractivity contribution in [2.45, 2.75) is 25.2 Å². The second-order valence-electron chi connectivity index (χ2n) is 5.62. The van der Waals surface area contributed by atoms with Crippen LogP contribution in [0.3, 0.4) is 0 Å². The molecular formula is C16H19F2N3O3. The first-order chi connectivity index (χ1) is 11.4. The van der Waals surface area contributed by atoms with E-state index in [2.05, 4.69) is 4.98 Å². The maximum atomic E-state index is 13.2. The average Bonchev–Trinajstić information content (AvgIpc) is 3.13. The Balaban J connectivity index is 0.000000471. The summed E-state index contributed by atoms with van der Waals surface area (Å²) in [5, 5.41) is 13.9. The van der Waals surface area contributed by atoms with Gasteiger partial charge in [-0.25, -0.2) is 18.6 Å². The van der Waals surface area contributed by atoms with Gasteiger partial charge in [0.05, 0.1) is 12.0 Å². The third-order valence-electron chi connectivity index (χ3n) is 3.89. The number of rotatable bonds is 5. The van der Waals surface area contributed by atoms with Gasteiger partial charge in [0.2, 0.25) is 0 Å². The van der Waals surface area contributed by atoms with Crippen molar-refractivity contribution in [2.75, 3.05) is 6.54 Å². The predicted octanol–water partition coefficient (Wildman–Crippen LogP) is 3.22. The summed E-state index contributed by atoms with van der Waals surface area (Å²) < 4.78 is 27.9. The Morgan fingerprint density at radius 2 is 2.04 bits per heavy atom. The third-order valence-corrected chi connectivity index (χ3v) is 3.89. The minimum absolute atomic E-state index is 0.494. The fourth-order valence-corrected chi connectivity index (χ4v) is 2.63. The van der Waals surface area contributed by atoms with Gasteiger partial charge in [-0.2, -0.15) is 0 Å². The molecule has 0 amide bonds. The Morgan fingerprint density at radius 1 is 1.33 bits per heavy atom. The zero-order valence-corrected chi connectivity index (χ0v) is 12.9. The summed E-state index contributed by atoms with van der Waals surface area (Å²) in [6.45, 7) is 0.729. The molecule has 2 unspecified atom stereocenters. The van der Waals surface area contributed by atoms with E-state index in [1.807, 2.05) is 6.20 Å². The summed E-state index contributed by atoms with van der Waals surface area (Å²) in [6, 6.07) is 3.85. The van der Waals surface area contributed by atoms with Gasteiger partial charge in [-0.05, 0) is 43.9 Å². The van der Waals surface area contributed by atoms with E-state index in [9.17, 15) is 8.78 Å². The summed E-state index contributed by atoms with van der Waals surface area (Å²) >= 11 is 0. The van der Waals surface area contributed by atoms with Gasteiger partial charge in [-0.3, -0.25) is 0 Å². The lowest BCUT2D eigenvalue weighted by molar-refractivity contribution is 0.137. The van der Waals surface area contributed by atoms with E-state index >= 15 is 0 Å².